The molecular formula is C19H24N4O4. The van der Waals surface area contributed by atoms with Gasteiger partial charge in [0.15, 0.2) is 0 Å². The van der Waals surface area contributed by atoms with E-state index in [0.29, 0.717) is 38.2 Å². The van der Waals surface area contributed by atoms with Gasteiger partial charge in [-0.1, -0.05) is 18.2 Å². The molecule has 8 nitrogen and oxygen atoms in total. The molecular weight excluding hydrogens is 348 g/mol. The number of piperidine rings is 1. The van der Waals surface area contributed by atoms with Crippen LogP contribution in [0.2, 0.25) is 0 Å². The molecule has 3 aliphatic heterocycles. The minimum absolute atomic E-state index is 0.149. The molecule has 2 fully saturated rings. The summed E-state index contributed by atoms with van der Waals surface area (Å²) >= 11 is 0. The Bertz CT molecular complexity index is 781. The van der Waals surface area contributed by atoms with Crippen molar-refractivity contribution in [2.24, 2.45) is 0 Å². The lowest BCUT2D eigenvalue weighted by Gasteiger charge is -2.29. The highest BCUT2D eigenvalue weighted by Crippen LogP contribution is 2.30. The van der Waals surface area contributed by atoms with Crippen molar-refractivity contribution in [2.45, 2.75) is 38.1 Å². The number of carbonyl (C=O) groups excluding carboxylic acids is 3. The summed E-state index contributed by atoms with van der Waals surface area (Å²) in [5, 5.41) is 15.5. The molecule has 4 rings (SSSR count). The van der Waals surface area contributed by atoms with Gasteiger partial charge in [-0.25, -0.2) is 0 Å². The molecule has 3 aliphatic rings. The van der Waals surface area contributed by atoms with Gasteiger partial charge in [-0.05, 0) is 17.5 Å². The second kappa shape index (κ2) is 7.38. The smallest absolute Gasteiger partial charge is 0.255 e. The van der Waals surface area contributed by atoms with Gasteiger partial charge in [0.05, 0.1) is 6.10 Å². The van der Waals surface area contributed by atoms with E-state index < -0.39 is 18.1 Å². The number of nitrogens with one attached hydrogen (secondary N) is 2. The monoisotopic (exact) mass is 372 g/mol. The van der Waals surface area contributed by atoms with Gasteiger partial charge < -0.3 is 15.3 Å². The number of aliphatic hydroxyl groups excluding tert-OH is 1. The number of rotatable bonds is 3. The topological polar surface area (TPSA) is 102 Å². The van der Waals surface area contributed by atoms with Crippen LogP contribution in [-0.4, -0.2) is 71.0 Å². The molecule has 2 saturated heterocycles. The van der Waals surface area contributed by atoms with Crippen molar-refractivity contribution in [3.63, 3.8) is 0 Å². The predicted octanol–water partition coefficient (Wildman–Crippen LogP) is -0.786. The molecule has 8 heteroatoms. The van der Waals surface area contributed by atoms with Gasteiger partial charge >= 0.3 is 0 Å². The average Bonchev–Trinajstić information content (AvgIpc) is 2.82. The van der Waals surface area contributed by atoms with Crippen molar-refractivity contribution in [3.8, 4) is 0 Å². The molecule has 3 heterocycles. The molecule has 0 bridgehead atoms. The molecule has 0 saturated carbocycles. The average molecular weight is 372 g/mol. The third kappa shape index (κ3) is 3.60. The number of carbonyl (C=O) groups is 3. The van der Waals surface area contributed by atoms with Crippen LogP contribution in [0.4, 0.5) is 0 Å². The quantitative estimate of drug-likeness (QED) is 0.602. The molecule has 2 atom stereocenters. The zero-order chi connectivity index (χ0) is 19.0. The fraction of sp³-hybridized carbons (Fsp3) is 0.526. The van der Waals surface area contributed by atoms with E-state index in [1.165, 1.54) is 0 Å². The summed E-state index contributed by atoms with van der Waals surface area (Å²) in [6, 6.07) is 5.19. The van der Waals surface area contributed by atoms with E-state index in [1.807, 2.05) is 18.2 Å². The van der Waals surface area contributed by atoms with E-state index in [9.17, 15) is 19.5 Å². The summed E-state index contributed by atoms with van der Waals surface area (Å²) in [6.07, 6.45) is 0.186. The molecule has 0 spiro atoms. The van der Waals surface area contributed by atoms with E-state index in [0.717, 1.165) is 24.2 Å². The summed E-state index contributed by atoms with van der Waals surface area (Å²) in [7, 11) is 0. The van der Waals surface area contributed by atoms with Crippen LogP contribution < -0.4 is 10.6 Å². The van der Waals surface area contributed by atoms with Gasteiger partial charge in [0.25, 0.3) is 5.91 Å². The molecule has 1 aromatic carbocycles. The van der Waals surface area contributed by atoms with Gasteiger partial charge in [-0.15, -0.1) is 0 Å². The number of amides is 3. The molecule has 0 aliphatic carbocycles. The van der Waals surface area contributed by atoms with Crippen LogP contribution in [0.15, 0.2) is 18.2 Å². The maximum Gasteiger partial charge on any atom is 0.255 e. The number of nitrogens with zero attached hydrogens (tertiary/aromatic N) is 2. The van der Waals surface area contributed by atoms with Crippen molar-refractivity contribution in [1.82, 2.24) is 20.4 Å². The van der Waals surface area contributed by atoms with Gasteiger partial charge in [0.1, 0.15) is 6.04 Å². The Morgan fingerprint density at radius 3 is 2.89 bits per heavy atom. The first kappa shape index (κ1) is 18.1. The second-order valence-corrected chi connectivity index (χ2v) is 7.44. The van der Waals surface area contributed by atoms with E-state index >= 15 is 0 Å². The van der Waals surface area contributed by atoms with Crippen molar-refractivity contribution < 1.29 is 19.5 Å². The Hall–Kier alpha value is -2.29. The van der Waals surface area contributed by atoms with E-state index in [4.69, 9.17) is 0 Å². The van der Waals surface area contributed by atoms with Crippen LogP contribution in [0.25, 0.3) is 0 Å². The molecule has 27 heavy (non-hydrogen) atoms. The summed E-state index contributed by atoms with van der Waals surface area (Å²) in [5.74, 6) is -0.825. The molecule has 3 N–H and O–H groups in total. The van der Waals surface area contributed by atoms with Crippen LogP contribution in [0.3, 0.4) is 0 Å². The number of hydrogen-bond donors (Lipinski definition) is 3. The first-order valence-electron chi connectivity index (χ1n) is 9.39. The third-order valence-electron chi connectivity index (χ3n) is 5.49. The van der Waals surface area contributed by atoms with Crippen molar-refractivity contribution in [3.05, 3.63) is 34.9 Å². The Balaban J connectivity index is 1.54. The molecule has 2 unspecified atom stereocenters. The highest BCUT2D eigenvalue weighted by Gasteiger charge is 2.40. The summed E-state index contributed by atoms with van der Waals surface area (Å²) in [6.45, 7) is 3.69. The van der Waals surface area contributed by atoms with Gasteiger partial charge in [-0.2, -0.15) is 0 Å². The maximum absolute atomic E-state index is 13.1. The highest BCUT2D eigenvalue weighted by atomic mass is 16.3. The van der Waals surface area contributed by atoms with Crippen molar-refractivity contribution in [2.75, 3.05) is 26.2 Å². The van der Waals surface area contributed by atoms with Crippen molar-refractivity contribution in [1.29, 1.82) is 0 Å². The number of aliphatic hydroxyl groups is 1. The number of benzene rings is 1. The maximum atomic E-state index is 13.1. The van der Waals surface area contributed by atoms with Crippen LogP contribution in [0.1, 0.15) is 34.3 Å². The molecule has 0 radical (unpaired) electrons. The van der Waals surface area contributed by atoms with E-state index in [-0.39, 0.29) is 18.2 Å². The van der Waals surface area contributed by atoms with Crippen LogP contribution in [0, 0.1) is 0 Å². The fourth-order valence-corrected chi connectivity index (χ4v) is 4.17. The van der Waals surface area contributed by atoms with Crippen LogP contribution >= 0.6 is 0 Å². The summed E-state index contributed by atoms with van der Waals surface area (Å²) in [5.41, 5.74) is 2.49. The number of hydrogen-bond acceptors (Lipinski definition) is 6. The Kier molecular flexibility index (Phi) is 4.94. The third-order valence-corrected chi connectivity index (χ3v) is 5.49. The van der Waals surface area contributed by atoms with Crippen molar-refractivity contribution >= 4 is 17.7 Å². The Morgan fingerprint density at radius 1 is 1.22 bits per heavy atom. The minimum Gasteiger partial charge on any atom is -0.390 e. The highest BCUT2D eigenvalue weighted by molar-refractivity contribution is 6.05. The lowest BCUT2D eigenvalue weighted by Crippen LogP contribution is -2.52. The Morgan fingerprint density at radius 2 is 2.07 bits per heavy atom. The molecule has 0 aromatic heterocycles. The standard InChI is InChI=1S/C19H24N4O4/c24-14-8-20-6-7-22(11-14)9-12-2-1-3-13-10-23(19(27)17(12)13)15-4-5-16(25)21-18(15)26/h1-3,14-15,20,24H,4-11H2,(H,21,25,26). The Labute approximate surface area is 157 Å². The summed E-state index contributed by atoms with van der Waals surface area (Å²) < 4.78 is 0. The molecule has 1 aromatic rings. The molecule has 144 valence electrons. The van der Waals surface area contributed by atoms with Gasteiger partial charge in [-0.3, -0.25) is 24.6 Å². The second-order valence-electron chi connectivity index (χ2n) is 7.44. The van der Waals surface area contributed by atoms with E-state index in [1.54, 1.807) is 4.90 Å². The number of imide groups is 1. The SMILES string of the molecule is O=C1CCC(N2Cc3cccc(CN4CCNCC(O)C4)c3C2=O)C(=O)N1. The zero-order valence-electron chi connectivity index (χ0n) is 15.1. The molecule has 3 amide bonds. The predicted molar refractivity (Wildman–Crippen MR) is 96.6 cm³/mol. The minimum atomic E-state index is -0.598. The van der Waals surface area contributed by atoms with Gasteiger partial charge in [0.2, 0.25) is 11.8 Å². The number of β-amino-alcohol motifs (C(OH)–C–C–N with tert-alkyl or cyclic N) is 1. The summed E-state index contributed by atoms with van der Waals surface area (Å²) in [4.78, 5) is 40.4. The normalized spacial score (nSPS) is 26.7. The first-order chi connectivity index (χ1) is 13.0. The van der Waals surface area contributed by atoms with Crippen LogP contribution in [0.5, 0.6) is 0 Å². The first-order valence-corrected chi connectivity index (χ1v) is 9.39. The van der Waals surface area contributed by atoms with Crippen LogP contribution in [-0.2, 0) is 22.7 Å². The lowest BCUT2D eigenvalue weighted by atomic mass is 10.0. The number of fused-ring (bicyclic) bond motifs is 1. The largest absolute Gasteiger partial charge is 0.390 e. The van der Waals surface area contributed by atoms with E-state index in [2.05, 4.69) is 15.5 Å². The lowest BCUT2D eigenvalue weighted by molar-refractivity contribution is -0.136. The van der Waals surface area contributed by atoms with Gasteiger partial charge in [0, 0.05) is 51.3 Å². The fourth-order valence-electron chi connectivity index (χ4n) is 4.17. The zero-order valence-corrected chi connectivity index (χ0v) is 15.1.